The van der Waals surface area contributed by atoms with E-state index in [2.05, 4.69) is 18.8 Å². The number of ketones is 1. The second-order valence-electron chi connectivity index (χ2n) is 4.58. The van der Waals surface area contributed by atoms with Crippen molar-refractivity contribution in [2.75, 3.05) is 0 Å². The summed E-state index contributed by atoms with van der Waals surface area (Å²) in [5, 5.41) is 0. The van der Waals surface area contributed by atoms with E-state index in [-0.39, 0.29) is 5.78 Å². The maximum Gasteiger partial charge on any atom is 0.163 e. The van der Waals surface area contributed by atoms with Crippen LogP contribution in [0, 0.1) is 5.92 Å². The van der Waals surface area contributed by atoms with Gasteiger partial charge in [-0.3, -0.25) is 4.79 Å². The summed E-state index contributed by atoms with van der Waals surface area (Å²) in [6.07, 6.45) is 2.36. The lowest BCUT2D eigenvalue weighted by Crippen LogP contribution is -2.03. The first-order chi connectivity index (χ1) is 7.58. The Bertz CT molecular complexity index is 526. The van der Waals surface area contributed by atoms with Crippen molar-refractivity contribution >= 4 is 16.8 Å². The van der Waals surface area contributed by atoms with Gasteiger partial charge in [-0.2, -0.15) is 0 Å². The molecule has 0 fully saturated rings. The molecule has 0 atom stereocenters. The summed E-state index contributed by atoms with van der Waals surface area (Å²) in [5.41, 5.74) is 2.71. The van der Waals surface area contributed by atoms with Gasteiger partial charge in [-0.05, 0) is 24.1 Å². The van der Waals surface area contributed by atoms with Crippen LogP contribution in [0.25, 0.3) is 11.0 Å². The molecule has 0 bridgehead atoms. The third-order valence-electron chi connectivity index (χ3n) is 2.64. The van der Waals surface area contributed by atoms with E-state index in [1.165, 1.54) is 0 Å². The van der Waals surface area contributed by atoms with Gasteiger partial charge in [0.25, 0.3) is 0 Å². The van der Waals surface area contributed by atoms with Gasteiger partial charge in [-0.1, -0.05) is 13.8 Å². The first-order valence-electron chi connectivity index (χ1n) is 5.52. The first-order valence-corrected chi connectivity index (χ1v) is 5.52. The lowest BCUT2D eigenvalue weighted by Gasteiger charge is -2.04. The second kappa shape index (κ2) is 4.08. The van der Waals surface area contributed by atoms with E-state index in [1.54, 1.807) is 6.33 Å². The van der Waals surface area contributed by atoms with Gasteiger partial charge in [0.15, 0.2) is 5.78 Å². The Balaban J connectivity index is 2.36. The van der Waals surface area contributed by atoms with Gasteiger partial charge < -0.3 is 4.57 Å². The predicted octanol–water partition coefficient (Wildman–Crippen LogP) is 2.80. The summed E-state index contributed by atoms with van der Waals surface area (Å²) in [5.74, 6) is 0.592. The number of rotatable bonds is 3. The summed E-state index contributed by atoms with van der Waals surface area (Å²) < 4.78 is 1.95. The van der Waals surface area contributed by atoms with Gasteiger partial charge >= 0.3 is 0 Å². The molecular weight excluding hydrogens is 200 g/mol. The number of hydrogen-bond acceptors (Lipinski definition) is 2. The highest BCUT2D eigenvalue weighted by Gasteiger charge is 2.09. The van der Waals surface area contributed by atoms with Crippen LogP contribution in [0.15, 0.2) is 24.5 Å². The van der Waals surface area contributed by atoms with E-state index < -0.39 is 0 Å². The number of aryl methyl sites for hydroxylation is 1. The van der Waals surface area contributed by atoms with Crippen LogP contribution in [0.1, 0.15) is 30.6 Å². The first kappa shape index (κ1) is 10.9. The molecular formula is C13H16N2O. The fraction of sp³-hybridized carbons (Fsp3) is 0.385. The summed E-state index contributed by atoms with van der Waals surface area (Å²) in [6.45, 7) is 4.11. The van der Waals surface area contributed by atoms with Crippen molar-refractivity contribution in [1.29, 1.82) is 0 Å². The molecule has 1 aromatic heterocycles. The van der Waals surface area contributed by atoms with Gasteiger partial charge in [0.05, 0.1) is 17.4 Å². The molecule has 0 saturated carbocycles. The molecule has 0 aliphatic heterocycles. The molecule has 0 spiro atoms. The number of nitrogens with zero attached hydrogens (tertiary/aromatic N) is 2. The Hall–Kier alpha value is -1.64. The molecule has 0 saturated heterocycles. The van der Waals surface area contributed by atoms with Gasteiger partial charge in [-0.15, -0.1) is 0 Å². The number of imidazole rings is 1. The van der Waals surface area contributed by atoms with Crippen LogP contribution in [0.5, 0.6) is 0 Å². The van der Waals surface area contributed by atoms with Crippen LogP contribution < -0.4 is 0 Å². The van der Waals surface area contributed by atoms with E-state index in [0.717, 1.165) is 16.6 Å². The van der Waals surface area contributed by atoms with E-state index in [4.69, 9.17) is 0 Å². The van der Waals surface area contributed by atoms with E-state index in [1.807, 2.05) is 29.8 Å². The van der Waals surface area contributed by atoms with Gasteiger partial charge in [0, 0.05) is 19.0 Å². The molecule has 0 amide bonds. The number of hydrogen-bond donors (Lipinski definition) is 0. The average molecular weight is 216 g/mol. The van der Waals surface area contributed by atoms with Crippen LogP contribution in [0.2, 0.25) is 0 Å². The molecule has 16 heavy (non-hydrogen) atoms. The van der Waals surface area contributed by atoms with Crippen molar-refractivity contribution in [2.24, 2.45) is 13.0 Å². The smallest absolute Gasteiger partial charge is 0.163 e. The molecule has 0 N–H and O–H groups in total. The summed E-state index contributed by atoms with van der Waals surface area (Å²) in [6, 6.07) is 5.71. The van der Waals surface area contributed by atoms with Crippen LogP contribution in [0.4, 0.5) is 0 Å². The van der Waals surface area contributed by atoms with Crippen molar-refractivity contribution in [1.82, 2.24) is 9.55 Å². The number of benzene rings is 1. The molecule has 84 valence electrons. The Morgan fingerprint density at radius 3 is 2.88 bits per heavy atom. The zero-order valence-electron chi connectivity index (χ0n) is 9.90. The molecule has 0 radical (unpaired) electrons. The van der Waals surface area contributed by atoms with E-state index in [0.29, 0.717) is 12.3 Å². The number of aromatic nitrogens is 2. The lowest BCUT2D eigenvalue weighted by atomic mass is 10.0. The van der Waals surface area contributed by atoms with Crippen molar-refractivity contribution < 1.29 is 4.79 Å². The number of carbonyl (C=O) groups is 1. The normalized spacial score (nSPS) is 11.2. The lowest BCUT2D eigenvalue weighted by molar-refractivity contribution is 0.0968. The van der Waals surface area contributed by atoms with Crippen LogP contribution in [-0.2, 0) is 7.05 Å². The largest absolute Gasteiger partial charge is 0.334 e. The topological polar surface area (TPSA) is 34.9 Å². The van der Waals surface area contributed by atoms with Crippen molar-refractivity contribution in [3.05, 3.63) is 30.1 Å². The minimum absolute atomic E-state index is 0.197. The van der Waals surface area contributed by atoms with Crippen LogP contribution in [0.3, 0.4) is 0 Å². The SMILES string of the molecule is CC(C)CC(=O)c1ccc2c(c1)ncn2C. The third-order valence-corrected chi connectivity index (χ3v) is 2.64. The zero-order valence-corrected chi connectivity index (χ0v) is 9.90. The minimum Gasteiger partial charge on any atom is -0.334 e. The molecule has 0 aliphatic carbocycles. The van der Waals surface area contributed by atoms with E-state index >= 15 is 0 Å². The molecule has 3 heteroatoms. The second-order valence-corrected chi connectivity index (χ2v) is 4.58. The highest BCUT2D eigenvalue weighted by Crippen LogP contribution is 2.16. The Labute approximate surface area is 95.1 Å². The predicted molar refractivity (Wildman–Crippen MR) is 64.5 cm³/mol. The Morgan fingerprint density at radius 2 is 2.19 bits per heavy atom. The maximum atomic E-state index is 11.9. The molecule has 0 aliphatic rings. The molecule has 3 nitrogen and oxygen atoms in total. The van der Waals surface area contributed by atoms with Crippen molar-refractivity contribution in [3.63, 3.8) is 0 Å². The summed E-state index contributed by atoms with van der Waals surface area (Å²) >= 11 is 0. The van der Waals surface area contributed by atoms with Gasteiger partial charge in [0.1, 0.15) is 0 Å². The van der Waals surface area contributed by atoms with Crippen molar-refractivity contribution in [3.8, 4) is 0 Å². The molecule has 1 aromatic carbocycles. The monoisotopic (exact) mass is 216 g/mol. The van der Waals surface area contributed by atoms with Gasteiger partial charge in [-0.25, -0.2) is 4.98 Å². The fourth-order valence-electron chi connectivity index (χ4n) is 1.80. The highest BCUT2D eigenvalue weighted by molar-refractivity contribution is 5.98. The average Bonchev–Trinajstić information content (AvgIpc) is 2.59. The van der Waals surface area contributed by atoms with E-state index in [9.17, 15) is 4.79 Å². The highest BCUT2D eigenvalue weighted by atomic mass is 16.1. The number of Topliss-reactive ketones (excluding diaryl/α,β-unsaturated/α-hetero) is 1. The third kappa shape index (κ3) is 1.98. The summed E-state index contributed by atoms with van der Waals surface area (Å²) in [7, 11) is 1.95. The Morgan fingerprint density at radius 1 is 1.44 bits per heavy atom. The molecule has 1 heterocycles. The summed E-state index contributed by atoms with van der Waals surface area (Å²) in [4.78, 5) is 16.1. The van der Waals surface area contributed by atoms with Crippen LogP contribution >= 0.6 is 0 Å². The van der Waals surface area contributed by atoms with Crippen LogP contribution in [-0.4, -0.2) is 15.3 Å². The Kier molecular flexibility index (Phi) is 2.77. The molecule has 0 unspecified atom stereocenters. The molecule has 2 aromatic rings. The van der Waals surface area contributed by atoms with Crippen molar-refractivity contribution in [2.45, 2.75) is 20.3 Å². The maximum absolute atomic E-state index is 11.9. The number of fused-ring (bicyclic) bond motifs is 1. The quantitative estimate of drug-likeness (QED) is 0.739. The fourth-order valence-corrected chi connectivity index (χ4v) is 1.80. The number of carbonyl (C=O) groups excluding carboxylic acids is 1. The van der Waals surface area contributed by atoms with Gasteiger partial charge in [0.2, 0.25) is 0 Å². The minimum atomic E-state index is 0.197. The molecule has 2 rings (SSSR count). The standard InChI is InChI=1S/C13H16N2O/c1-9(2)6-13(16)10-4-5-12-11(7-10)14-8-15(12)3/h4-5,7-9H,6H2,1-3H3. The zero-order chi connectivity index (χ0) is 11.7.